The molecule has 6 heteroatoms. The van der Waals surface area contributed by atoms with Gasteiger partial charge in [-0.2, -0.15) is 0 Å². The number of hydrogen-bond donors (Lipinski definition) is 2. The summed E-state index contributed by atoms with van der Waals surface area (Å²) in [6.07, 6.45) is 0. The molecule has 0 aliphatic rings. The highest BCUT2D eigenvalue weighted by Crippen LogP contribution is 2.27. The van der Waals surface area contributed by atoms with Gasteiger partial charge >= 0.3 is 0 Å². The molecule has 0 saturated heterocycles. The van der Waals surface area contributed by atoms with Gasteiger partial charge in [0.2, 0.25) is 10.0 Å². The molecule has 0 atom stereocenters. The van der Waals surface area contributed by atoms with E-state index in [0.29, 0.717) is 11.1 Å². The first-order valence-corrected chi connectivity index (χ1v) is 6.84. The van der Waals surface area contributed by atoms with Crippen LogP contribution < -0.4 is 10.5 Å². The molecule has 0 aromatic heterocycles. The highest BCUT2D eigenvalue weighted by molar-refractivity contribution is 7.89. The summed E-state index contributed by atoms with van der Waals surface area (Å²) >= 11 is 0. The Bertz CT molecular complexity index is 595. The van der Waals surface area contributed by atoms with Gasteiger partial charge in [0.1, 0.15) is 5.82 Å². The topological polar surface area (TPSA) is 72.2 Å². The van der Waals surface area contributed by atoms with Gasteiger partial charge in [-0.1, -0.05) is 12.2 Å². The van der Waals surface area contributed by atoms with Gasteiger partial charge in [0, 0.05) is 6.54 Å². The van der Waals surface area contributed by atoms with Crippen LogP contribution in [0.15, 0.2) is 23.1 Å². The van der Waals surface area contributed by atoms with Crippen LogP contribution in [0.4, 0.5) is 10.1 Å². The summed E-state index contributed by atoms with van der Waals surface area (Å²) in [6, 6.07) is 1.12. The summed E-state index contributed by atoms with van der Waals surface area (Å²) in [6.45, 7) is 8.48. The molecule has 0 bridgehead atoms. The molecule has 3 N–H and O–H groups in total. The largest absolute Gasteiger partial charge is 0.396 e. The molecular formula is C12H17FN2O2S. The number of nitrogens with two attached hydrogens (primary N) is 1. The van der Waals surface area contributed by atoms with Crippen LogP contribution in [-0.4, -0.2) is 15.0 Å². The molecule has 0 heterocycles. The van der Waals surface area contributed by atoms with Crippen LogP contribution in [0.3, 0.4) is 0 Å². The lowest BCUT2D eigenvalue weighted by Gasteiger charge is -2.14. The molecule has 18 heavy (non-hydrogen) atoms. The molecule has 1 aromatic carbocycles. The van der Waals surface area contributed by atoms with E-state index in [2.05, 4.69) is 11.3 Å². The summed E-state index contributed by atoms with van der Waals surface area (Å²) in [5.41, 5.74) is 6.61. The summed E-state index contributed by atoms with van der Waals surface area (Å²) in [5, 5.41) is 0. The van der Waals surface area contributed by atoms with Gasteiger partial charge in [-0.05, 0) is 38.0 Å². The highest BCUT2D eigenvalue weighted by atomic mass is 32.2. The van der Waals surface area contributed by atoms with Crippen molar-refractivity contribution in [1.29, 1.82) is 0 Å². The van der Waals surface area contributed by atoms with Gasteiger partial charge in [0.15, 0.2) is 0 Å². The summed E-state index contributed by atoms with van der Waals surface area (Å²) < 4.78 is 40.0. The lowest BCUT2D eigenvalue weighted by molar-refractivity contribution is 0.582. The third-order valence-corrected chi connectivity index (χ3v) is 4.23. The fourth-order valence-electron chi connectivity index (χ4n) is 1.63. The van der Waals surface area contributed by atoms with Crippen molar-refractivity contribution in [1.82, 2.24) is 4.72 Å². The average Bonchev–Trinajstić information content (AvgIpc) is 2.23. The number of rotatable bonds is 4. The quantitative estimate of drug-likeness (QED) is 0.649. The van der Waals surface area contributed by atoms with Crippen molar-refractivity contribution in [2.24, 2.45) is 0 Å². The minimum absolute atomic E-state index is 0.0302. The monoisotopic (exact) mass is 272 g/mol. The normalized spacial score (nSPS) is 11.6. The maximum atomic E-state index is 13.4. The number of aryl methyl sites for hydroxylation is 1. The third-order valence-electron chi connectivity index (χ3n) is 2.54. The molecule has 4 nitrogen and oxygen atoms in total. The molecule has 0 unspecified atom stereocenters. The lowest BCUT2D eigenvalue weighted by Crippen LogP contribution is -2.27. The Morgan fingerprint density at radius 2 is 2.06 bits per heavy atom. The Morgan fingerprint density at radius 1 is 1.50 bits per heavy atom. The van der Waals surface area contributed by atoms with E-state index in [-0.39, 0.29) is 22.7 Å². The second-order valence-electron chi connectivity index (χ2n) is 4.32. The first kappa shape index (κ1) is 14.7. The zero-order chi connectivity index (χ0) is 14.1. The Labute approximate surface area is 107 Å². The zero-order valence-corrected chi connectivity index (χ0v) is 11.5. The average molecular weight is 272 g/mol. The van der Waals surface area contributed by atoms with Crippen molar-refractivity contribution < 1.29 is 12.8 Å². The molecular weight excluding hydrogens is 255 g/mol. The van der Waals surface area contributed by atoms with Gasteiger partial charge in [0.25, 0.3) is 0 Å². The van der Waals surface area contributed by atoms with Crippen molar-refractivity contribution in [2.75, 3.05) is 12.3 Å². The SMILES string of the molecule is C=C(C)CNS(=O)(=O)c1c(C)cc(F)c(N)c1C. The van der Waals surface area contributed by atoms with Crippen molar-refractivity contribution in [3.8, 4) is 0 Å². The minimum Gasteiger partial charge on any atom is -0.396 e. The smallest absolute Gasteiger partial charge is 0.241 e. The lowest BCUT2D eigenvalue weighted by atomic mass is 10.1. The van der Waals surface area contributed by atoms with Crippen LogP contribution in [0.2, 0.25) is 0 Å². The first-order valence-electron chi connectivity index (χ1n) is 5.36. The molecule has 1 rings (SSSR count). The van der Waals surface area contributed by atoms with E-state index in [1.807, 2.05) is 0 Å². The fraction of sp³-hybridized carbons (Fsp3) is 0.333. The van der Waals surface area contributed by atoms with Crippen LogP contribution in [0.5, 0.6) is 0 Å². The molecule has 1 aromatic rings. The Kier molecular flexibility index (Phi) is 4.13. The van der Waals surface area contributed by atoms with Crippen molar-refractivity contribution in [3.05, 3.63) is 35.2 Å². The molecule has 0 saturated carbocycles. The number of benzene rings is 1. The number of nitrogens with one attached hydrogen (secondary N) is 1. The van der Waals surface area contributed by atoms with Crippen molar-refractivity contribution >= 4 is 15.7 Å². The molecule has 0 fully saturated rings. The number of sulfonamides is 1. The Morgan fingerprint density at radius 3 is 2.56 bits per heavy atom. The second kappa shape index (κ2) is 5.07. The van der Waals surface area contributed by atoms with E-state index < -0.39 is 15.8 Å². The van der Waals surface area contributed by atoms with Gasteiger partial charge in [0.05, 0.1) is 10.6 Å². The van der Waals surface area contributed by atoms with Crippen molar-refractivity contribution in [3.63, 3.8) is 0 Å². The van der Waals surface area contributed by atoms with Gasteiger partial charge in [-0.3, -0.25) is 0 Å². The predicted molar refractivity (Wildman–Crippen MR) is 70.3 cm³/mol. The molecule has 100 valence electrons. The first-order chi connectivity index (χ1) is 8.16. The number of anilines is 1. The van der Waals surface area contributed by atoms with E-state index in [1.165, 1.54) is 13.8 Å². The maximum absolute atomic E-state index is 13.4. The molecule has 0 spiro atoms. The minimum atomic E-state index is -3.71. The van der Waals surface area contributed by atoms with E-state index >= 15 is 0 Å². The number of hydrogen-bond acceptors (Lipinski definition) is 3. The van der Waals surface area contributed by atoms with Gasteiger partial charge < -0.3 is 5.73 Å². The van der Waals surface area contributed by atoms with E-state index in [9.17, 15) is 12.8 Å². The predicted octanol–water partition coefficient (Wildman–Crippen LogP) is 1.88. The maximum Gasteiger partial charge on any atom is 0.241 e. The van der Waals surface area contributed by atoms with Gasteiger partial charge in [-0.15, -0.1) is 0 Å². The second-order valence-corrected chi connectivity index (χ2v) is 6.03. The summed E-state index contributed by atoms with van der Waals surface area (Å²) in [4.78, 5) is 0.0302. The van der Waals surface area contributed by atoms with Crippen LogP contribution in [0.1, 0.15) is 18.1 Å². The third kappa shape index (κ3) is 2.88. The van der Waals surface area contributed by atoms with Crippen LogP contribution in [0, 0.1) is 19.7 Å². The van der Waals surface area contributed by atoms with Crippen LogP contribution in [0.25, 0.3) is 0 Å². The van der Waals surface area contributed by atoms with Gasteiger partial charge in [-0.25, -0.2) is 17.5 Å². The number of halogens is 1. The molecule has 0 aliphatic carbocycles. The molecule has 0 aliphatic heterocycles. The highest BCUT2D eigenvalue weighted by Gasteiger charge is 2.22. The van der Waals surface area contributed by atoms with Crippen molar-refractivity contribution in [2.45, 2.75) is 25.7 Å². The molecule has 0 amide bonds. The van der Waals surface area contributed by atoms with E-state index in [0.717, 1.165) is 6.07 Å². The molecule has 0 radical (unpaired) electrons. The summed E-state index contributed by atoms with van der Waals surface area (Å²) in [7, 11) is -3.71. The van der Waals surface area contributed by atoms with Crippen LogP contribution >= 0.6 is 0 Å². The van der Waals surface area contributed by atoms with Crippen LogP contribution in [-0.2, 0) is 10.0 Å². The fourth-order valence-corrected chi connectivity index (χ4v) is 3.21. The zero-order valence-electron chi connectivity index (χ0n) is 10.7. The standard InChI is InChI=1S/C12H17FN2O2S/c1-7(2)6-15-18(16,17)12-8(3)5-10(13)11(14)9(12)4/h5,15H,1,6,14H2,2-4H3. The summed E-state index contributed by atoms with van der Waals surface area (Å²) in [5.74, 6) is -0.608. The number of nitrogen functional groups attached to an aromatic ring is 1. The Hall–Kier alpha value is -1.40. The van der Waals surface area contributed by atoms with E-state index in [1.54, 1.807) is 6.92 Å². The Balaban J connectivity index is 3.33. The van der Waals surface area contributed by atoms with E-state index in [4.69, 9.17) is 5.73 Å².